The van der Waals surface area contributed by atoms with Crippen LogP contribution >= 0.6 is 0 Å². The van der Waals surface area contributed by atoms with Gasteiger partial charge in [-0.25, -0.2) is 4.39 Å². The van der Waals surface area contributed by atoms with Crippen molar-refractivity contribution < 1.29 is 36.9 Å². The van der Waals surface area contributed by atoms with Crippen molar-refractivity contribution in [1.82, 2.24) is 14.9 Å². The largest absolute Gasteiger partial charge is 0.573 e. The Hall–Kier alpha value is -3.60. The molecule has 0 spiro atoms. The number of amides is 1. The summed E-state index contributed by atoms with van der Waals surface area (Å²) in [7, 11) is 1.66. The second-order valence-electron chi connectivity index (χ2n) is 7.86. The Labute approximate surface area is 191 Å². The number of aliphatic hydroxyl groups excluding tert-OH is 1. The number of pyridine rings is 1. The van der Waals surface area contributed by atoms with Crippen LogP contribution in [-0.2, 0) is 19.2 Å². The summed E-state index contributed by atoms with van der Waals surface area (Å²) in [6.45, 7) is 1.62. The molecule has 7 nitrogen and oxygen atoms in total. The standard InChI is InChI=1S/C23H21F4N3O4/c1-13-14(12-31)10-17(30(13)2)21(32)29-22(7-9-33-19-4-3-8-28-20(19)22)15-5-6-18(16(24)11-15)34-23(25,26)27/h3-6,8,10-11,31H,7,9,12H2,1-2H3,(H,29,32)/t22-/m0/s1. The summed E-state index contributed by atoms with van der Waals surface area (Å²) in [5, 5.41) is 12.5. The zero-order valence-corrected chi connectivity index (χ0v) is 18.2. The SMILES string of the molecule is Cc1c(CO)cc(C(=O)N[C@]2(c3ccc(OC(F)(F)F)c(F)c3)CCOc3cccnc32)n1C. The number of nitrogens with one attached hydrogen (secondary N) is 1. The molecule has 2 aromatic heterocycles. The highest BCUT2D eigenvalue weighted by atomic mass is 19.4. The molecule has 1 aromatic carbocycles. The fourth-order valence-electron chi connectivity index (χ4n) is 4.11. The maximum Gasteiger partial charge on any atom is 0.573 e. The van der Waals surface area contributed by atoms with Crippen molar-refractivity contribution in [3.8, 4) is 11.5 Å². The van der Waals surface area contributed by atoms with E-state index in [1.807, 2.05) is 0 Å². The van der Waals surface area contributed by atoms with Gasteiger partial charge < -0.3 is 24.5 Å². The van der Waals surface area contributed by atoms with Gasteiger partial charge in [-0.1, -0.05) is 6.07 Å². The molecule has 0 unspecified atom stereocenters. The number of fused-ring (bicyclic) bond motifs is 1. The second-order valence-corrected chi connectivity index (χ2v) is 7.86. The minimum atomic E-state index is -5.06. The van der Waals surface area contributed by atoms with Crippen LogP contribution in [0.4, 0.5) is 17.6 Å². The van der Waals surface area contributed by atoms with Crippen LogP contribution in [0.25, 0.3) is 0 Å². The first-order valence-corrected chi connectivity index (χ1v) is 10.3. The van der Waals surface area contributed by atoms with Crippen molar-refractivity contribution in [3.05, 3.63) is 76.6 Å². The Kier molecular flexibility index (Phi) is 5.98. The fourth-order valence-corrected chi connectivity index (χ4v) is 4.11. The minimum absolute atomic E-state index is 0.134. The van der Waals surface area contributed by atoms with Gasteiger partial charge in [0.2, 0.25) is 0 Å². The van der Waals surface area contributed by atoms with Crippen molar-refractivity contribution >= 4 is 5.91 Å². The molecular weight excluding hydrogens is 458 g/mol. The van der Waals surface area contributed by atoms with Crippen LogP contribution in [0.2, 0.25) is 0 Å². The second kappa shape index (κ2) is 8.64. The molecule has 0 aliphatic carbocycles. The van der Waals surface area contributed by atoms with Gasteiger partial charge in [0, 0.05) is 25.4 Å². The lowest BCUT2D eigenvalue weighted by molar-refractivity contribution is -0.275. The Bertz CT molecular complexity index is 1240. The summed E-state index contributed by atoms with van der Waals surface area (Å²) in [4.78, 5) is 17.7. The number of nitrogens with zero attached hydrogens (tertiary/aromatic N) is 2. The van der Waals surface area contributed by atoms with E-state index in [1.165, 1.54) is 18.3 Å². The van der Waals surface area contributed by atoms with Gasteiger partial charge in [-0.15, -0.1) is 13.2 Å². The summed E-state index contributed by atoms with van der Waals surface area (Å²) in [5.41, 5.74) is 0.540. The molecule has 1 amide bonds. The summed E-state index contributed by atoms with van der Waals surface area (Å²) in [5.74, 6) is -2.43. The van der Waals surface area contributed by atoms with Crippen LogP contribution in [0.3, 0.4) is 0 Å². The van der Waals surface area contributed by atoms with Gasteiger partial charge in [-0.2, -0.15) is 0 Å². The highest BCUT2D eigenvalue weighted by Crippen LogP contribution is 2.42. The smallest absolute Gasteiger partial charge is 0.491 e. The molecule has 3 aromatic rings. The Morgan fingerprint density at radius 3 is 2.74 bits per heavy atom. The lowest BCUT2D eigenvalue weighted by Crippen LogP contribution is -2.50. The molecule has 0 saturated carbocycles. The van der Waals surface area contributed by atoms with Gasteiger partial charge >= 0.3 is 6.36 Å². The van der Waals surface area contributed by atoms with Crippen LogP contribution in [0, 0.1) is 12.7 Å². The van der Waals surface area contributed by atoms with Crippen molar-refractivity contribution in [1.29, 1.82) is 0 Å². The first-order chi connectivity index (χ1) is 16.1. The van der Waals surface area contributed by atoms with E-state index in [4.69, 9.17) is 4.74 Å². The first-order valence-electron chi connectivity index (χ1n) is 10.3. The lowest BCUT2D eigenvalue weighted by atomic mass is 9.81. The average Bonchev–Trinajstić information content (AvgIpc) is 3.08. The molecule has 34 heavy (non-hydrogen) atoms. The van der Waals surface area contributed by atoms with Gasteiger partial charge in [-0.05, 0) is 48.4 Å². The number of hydrogen-bond donors (Lipinski definition) is 2. The van der Waals surface area contributed by atoms with Crippen LogP contribution in [0.15, 0.2) is 42.6 Å². The van der Waals surface area contributed by atoms with E-state index >= 15 is 0 Å². The summed E-state index contributed by atoms with van der Waals surface area (Å²) >= 11 is 0. The molecule has 0 saturated heterocycles. The molecular formula is C23H21F4N3O4. The highest BCUT2D eigenvalue weighted by molar-refractivity contribution is 5.94. The predicted octanol–water partition coefficient (Wildman–Crippen LogP) is 3.71. The van der Waals surface area contributed by atoms with Crippen molar-refractivity contribution in [2.75, 3.05) is 6.61 Å². The quantitative estimate of drug-likeness (QED) is 0.545. The third-order valence-corrected chi connectivity index (χ3v) is 5.93. The zero-order valence-electron chi connectivity index (χ0n) is 18.2. The molecule has 1 aliphatic heterocycles. The van der Waals surface area contributed by atoms with Crippen molar-refractivity contribution in [3.63, 3.8) is 0 Å². The Balaban J connectivity index is 1.82. The fraction of sp³-hybridized carbons (Fsp3) is 0.304. The highest BCUT2D eigenvalue weighted by Gasteiger charge is 2.44. The molecule has 180 valence electrons. The normalized spacial score (nSPS) is 17.6. The topological polar surface area (TPSA) is 85.6 Å². The number of rotatable bonds is 5. The van der Waals surface area contributed by atoms with E-state index in [1.54, 1.807) is 30.7 Å². The summed E-state index contributed by atoms with van der Waals surface area (Å²) in [6, 6.07) is 7.81. The third-order valence-electron chi connectivity index (χ3n) is 5.93. The van der Waals surface area contributed by atoms with E-state index in [0.29, 0.717) is 17.0 Å². The van der Waals surface area contributed by atoms with Crippen molar-refractivity contribution in [2.45, 2.75) is 31.9 Å². The average molecular weight is 479 g/mol. The van der Waals surface area contributed by atoms with Gasteiger partial charge in [0.25, 0.3) is 5.91 Å². The molecule has 4 rings (SSSR count). The molecule has 11 heteroatoms. The van der Waals surface area contributed by atoms with Gasteiger partial charge in [0.05, 0.1) is 13.2 Å². The van der Waals surface area contributed by atoms with E-state index < -0.39 is 29.4 Å². The van der Waals surface area contributed by atoms with E-state index in [-0.39, 0.29) is 36.6 Å². The van der Waals surface area contributed by atoms with E-state index in [9.17, 15) is 27.5 Å². The number of benzene rings is 1. The van der Waals surface area contributed by atoms with Crippen LogP contribution in [0.5, 0.6) is 11.5 Å². The van der Waals surface area contributed by atoms with Gasteiger partial charge in [0.15, 0.2) is 11.6 Å². The molecule has 1 atom stereocenters. The molecule has 0 bridgehead atoms. The van der Waals surface area contributed by atoms with E-state index in [0.717, 1.165) is 12.1 Å². The number of carbonyl (C=O) groups excluding carboxylic acids is 1. The third kappa shape index (κ3) is 4.18. The Morgan fingerprint density at radius 1 is 1.32 bits per heavy atom. The molecule has 1 aliphatic rings. The number of aliphatic hydroxyl groups is 1. The summed E-state index contributed by atoms with van der Waals surface area (Å²) in [6.07, 6.45) is -3.45. The van der Waals surface area contributed by atoms with Gasteiger partial charge in [-0.3, -0.25) is 9.78 Å². The van der Waals surface area contributed by atoms with Crippen LogP contribution in [0.1, 0.15) is 39.4 Å². The number of ether oxygens (including phenoxy) is 2. The van der Waals surface area contributed by atoms with Crippen LogP contribution < -0.4 is 14.8 Å². The lowest BCUT2D eigenvalue weighted by Gasteiger charge is -2.39. The predicted molar refractivity (Wildman–Crippen MR) is 112 cm³/mol. The first kappa shape index (κ1) is 23.6. The van der Waals surface area contributed by atoms with Crippen LogP contribution in [-0.4, -0.2) is 33.5 Å². The monoisotopic (exact) mass is 479 g/mol. The summed E-state index contributed by atoms with van der Waals surface area (Å²) < 4.78 is 63.5. The number of hydrogen-bond acceptors (Lipinski definition) is 5. The molecule has 2 N–H and O–H groups in total. The number of aromatic nitrogens is 2. The van der Waals surface area contributed by atoms with Gasteiger partial charge in [0.1, 0.15) is 22.7 Å². The molecule has 3 heterocycles. The number of carbonyl (C=O) groups is 1. The van der Waals surface area contributed by atoms with E-state index in [2.05, 4.69) is 15.0 Å². The maximum atomic E-state index is 14.7. The zero-order chi connectivity index (χ0) is 24.7. The molecule has 0 radical (unpaired) electrons. The Morgan fingerprint density at radius 2 is 2.09 bits per heavy atom. The number of alkyl halides is 3. The van der Waals surface area contributed by atoms with Crippen molar-refractivity contribution in [2.24, 2.45) is 7.05 Å². The maximum absolute atomic E-state index is 14.7. The number of halogens is 4. The molecule has 0 fully saturated rings. The minimum Gasteiger partial charge on any atom is -0.491 e.